The lowest BCUT2D eigenvalue weighted by Crippen LogP contribution is -2.61. The lowest BCUT2D eigenvalue weighted by Gasteiger charge is -2.46. The molecule has 0 saturated carbocycles. The number of aliphatic imine (C=N–C) groups is 1. The SMILES string of the molecule is COC(=O)NC1C(=O)C[C@H](O)/C(=C/CS(C)(=S)=S)C2=C1C#C/C=C\C#C[C@@H]2OC1OC(C)C(C(=O)C2=NCCc3c2[nH]c2ccc(O)cc32)C(O)C1OC1CC(OC)C(NC(C)C)CO1. The number of nitrogens with one attached hydrogen (secondary N) is 3. The molecule has 3 aliphatic heterocycles. The van der Waals surface area contributed by atoms with Gasteiger partial charge < -0.3 is 59.4 Å². The molecule has 7 rings (SSSR count). The van der Waals surface area contributed by atoms with Gasteiger partial charge in [0.25, 0.3) is 0 Å². The van der Waals surface area contributed by atoms with E-state index in [9.17, 15) is 29.7 Å². The van der Waals surface area contributed by atoms with Gasteiger partial charge in [-0.25, -0.2) is 4.79 Å². The second-order valence-electron chi connectivity index (χ2n) is 16.8. The summed E-state index contributed by atoms with van der Waals surface area (Å²) in [6.07, 6.45) is -3.92. The fraction of sp³-hybridized carbons (Fsp3) is 0.522. The number of nitrogens with zero attached hydrogens (tertiary/aromatic N) is 1. The van der Waals surface area contributed by atoms with Crippen LogP contribution in [0.3, 0.4) is 0 Å². The topological polar surface area (TPSA) is 219 Å². The molecule has 11 atom stereocenters. The van der Waals surface area contributed by atoms with Gasteiger partial charge >= 0.3 is 6.09 Å². The van der Waals surface area contributed by atoms with Crippen molar-refractivity contribution in [2.45, 2.75) is 107 Å². The molecular formula is C46H54N4O12S3. The summed E-state index contributed by atoms with van der Waals surface area (Å²) in [5.41, 5.74) is 2.55. The lowest BCUT2D eigenvalue weighted by atomic mass is 9.82. The Morgan fingerprint density at radius 2 is 1.92 bits per heavy atom. The number of fused-ring (bicyclic) bond motifs is 3. The highest BCUT2D eigenvalue weighted by molar-refractivity contribution is 8.56. The maximum atomic E-state index is 14.8. The Morgan fingerprint density at radius 1 is 1.15 bits per heavy atom. The number of alkyl carbamates (subject to hydrolysis) is 1. The van der Waals surface area contributed by atoms with Crippen LogP contribution in [0.5, 0.6) is 5.75 Å². The molecule has 1 aromatic carbocycles. The van der Waals surface area contributed by atoms with E-state index >= 15 is 0 Å². The second-order valence-corrected chi connectivity index (χ2v) is 24.1. The molecular weight excluding hydrogens is 897 g/mol. The number of phenolic OH excluding ortho intramolecular Hbond substituents is 1. The molecule has 0 radical (unpaired) electrons. The Labute approximate surface area is 387 Å². The van der Waals surface area contributed by atoms with Crippen molar-refractivity contribution in [1.82, 2.24) is 15.6 Å². The monoisotopic (exact) mass is 950 g/mol. The standard InChI is InChI=1S/C46H54N4O12S3/c1-23(2)48-31-22-59-36(21-35(31)57-4)62-44-43(55)37(42(54)41-40-26(15-17-47-41)29-19-25(51)13-14-30(29)49-40)24(3)60-45(44)61-34-12-10-8-7-9-11-28-38(34)27(16-18-65(6,63)64)32(52)20-33(53)39(28)50-46(56)58-5/h7-8,13-14,16,19,23-24,31-32,34-37,39,43-45,48-49,51-52,55H,15,17-18,20-22H2,1-6H3,(H,50,56)/b8-7-,27-16-/t24?,31?,32-,34-,35?,36?,37?,39?,43?,44?,45?/m0/s1. The summed E-state index contributed by atoms with van der Waals surface area (Å²) in [6, 6.07) is 3.47. The van der Waals surface area contributed by atoms with Crippen molar-refractivity contribution in [2.24, 2.45) is 10.9 Å². The first-order valence-corrected chi connectivity index (χ1v) is 25.4. The molecule has 348 valence electrons. The van der Waals surface area contributed by atoms with Crippen LogP contribution in [0.15, 0.2) is 58.1 Å². The number of Topliss-reactive ketones (excluding diaryl/α,β-unsaturated/α-hetero) is 2. The maximum Gasteiger partial charge on any atom is 0.407 e. The van der Waals surface area contributed by atoms with Gasteiger partial charge in [0.2, 0.25) is 0 Å². The first-order valence-electron chi connectivity index (χ1n) is 21.3. The number of aliphatic hydroxyl groups is 2. The van der Waals surface area contributed by atoms with Crippen LogP contribution in [0.1, 0.15) is 44.9 Å². The Bertz CT molecular complexity index is 2560. The van der Waals surface area contributed by atoms with Gasteiger partial charge in [-0.1, -0.05) is 50.8 Å². The van der Waals surface area contributed by atoms with Gasteiger partial charge in [-0.3, -0.25) is 14.6 Å². The van der Waals surface area contributed by atoms with Crippen molar-refractivity contribution in [3.8, 4) is 29.4 Å². The Hall–Kier alpha value is -4.35. The highest BCUT2D eigenvalue weighted by atomic mass is 33.1. The molecule has 2 saturated heterocycles. The number of rotatable bonds is 12. The minimum atomic E-state index is -2.03. The highest BCUT2D eigenvalue weighted by Gasteiger charge is 2.52. The average molecular weight is 951 g/mol. The molecule has 16 nitrogen and oxygen atoms in total. The number of aromatic hydroxyl groups is 1. The fourth-order valence-electron chi connectivity index (χ4n) is 8.86. The summed E-state index contributed by atoms with van der Waals surface area (Å²) >= 11 is 11.2. The molecule has 1 aromatic heterocycles. The Kier molecular flexibility index (Phi) is 15.4. The van der Waals surface area contributed by atoms with Crippen molar-refractivity contribution < 1.29 is 58.1 Å². The summed E-state index contributed by atoms with van der Waals surface area (Å²) < 4.78 is 37.0. The minimum Gasteiger partial charge on any atom is -0.508 e. The molecule has 2 aromatic rings. The van der Waals surface area contributed by atoms with E-state index in [4.69, 9.17) is 50.8 Å². The number of aromatic nitrogens is 1. The van der Waals surface area contributed by atoms with E-state index in [0.29, 0.717) is 24.2 Å². The van der Waals surface area contributed by atoms with Gasteiger partial charge in [-0.2, -0.15) is 0 Å². The van der Waals surface area contributed by atoms with E-state index in [2.05, 4.69) is 44.3 Å². The van der Waals surface area contributed by atoms with E-state index in [-0.39, 0.29) is 65.1 Å². The van der Waals surface area contributed by atoms with Crippen molar-refractivity contribution in [3.05, 3.63) is 64.4 Å². The second kappa shape index (κ2) is 20.7. The van der Waals surface area contributed by atoms with Crippen molar-refractivity contribution in [1.29, 1.82) is 0 Å². The molecule has 9 unspecified atom stereocenters. The predicted molar refractivity (Wildman–Crippen MR) is 249 cm³/mol. The third-order valence-corrected chi connectivity index (χ3v) is 13.4. The Morgan fingerprint density at radius 3 is 2.65 bits per heavy atom. The summed E-state index contributed by atoms with van der Waals surface area (Å²) in [4.78, 5) is 49.4. The molecule has 6 N–H and O–H groups in total. The zero-order chi connectivity index (χ0) is 46.7. The number of carbonyl (C=O) groups is 3. The van der Waals surface area contributed by atoms with Crippen LogP contribution < -0.4 is 10.6 Å². The number of ether oxygens (including phenoxy) is 6. The van der Waals surface area contributed by atoms with Crippen LogP contribution in [-0.2, 0) is 74.0 Å². The summed E-state index contributed by atoms with van der Waals surface area (Å²) in [5, 5.41) is 41.4. The number of H-pyrrole nitrogens is 1. The van der Waals surface area contributed by atoms with E-state index in [1.807, 2.05) is 13.8 Å². The number of hydrogen-bond acceptors (Lipinski definition) is 16. The van der Waals surface area contributed by atoms with E-state index in [1.165, 1.54) is 12.2 Å². The van der Waals surface area contributed by atoms with Gasteiger partial charge in [0.1, 0.15) is 29.7 Å². The summed E-state index contributed by atoms with van der Waals surface area (Å²) in [7, 11) is 0.715. The third-order valence-electron chi connectivity index (χ3n) is 11.8. The molecule has 2 aliphatic carbocycles. The molecule has 1 amide bonds. The normalized spacial score (nSPS) is 31.5. The largest absolute Gasteiger partial charge is 0.508 e. The first kappa shape index (κ1) is 48.6. The molecule has 4 heterocycles. The number of allylic oxidation sites excluding steroid dienone is 2. The number of hydrogen-bond donors (Lipinski definition) is 6. The zero-order valence-corrected chi connectivity index (χ0v) is 39.3. The number of aromatic amines is 1. The van der Waals surface area contributed by atoms with Gasteiger partial charge in [0, 0.05) is 60.3 Å². The lowest BCUT2D eigenvalue weighted by molar-refractivity contribution is -0.328. The number of phenols is 1. The average Bonchev–Trinajstić information content (AvgIpc) is 3.62. The zero-order valence-electron chi connectivity index (χ0n) is 36.8. The van der Waals surface area contributed by atoms with E-state index < -0.39 is 86.3 Å². The highest BCUT2D eigenvalue weighted by Crippen LogP contribution is 2.38. The fourth-order valence-corrected chi connectivity index (χ4v) is 9.75. The third kappa shape index (κ3) is 10.9. The van der Waals surface area contributed by atoms with Crippen LogP contribution in [0, 0.1) is 29.6 Å². The maximum absolute atomic E-state index is 14.8. The first-order chi connectivity index (χ1) is 31.0. The predicted octanol–water partition coefficient (Wildman–Crippen LogP) is 1.97. The minimum absolute atomic E-state index is 0.0643. The van der Waals surface area contributed by atoms with E-state index in [0.717, 1.165) is 18.1 Å². The molecule has 0 bridgehead atoms. The number of aliphatic hydroxyl groups excluding tert-OH is 2. The molecule has 19 heteroatoms. The smallest absolute Gasteiger partial charge is 0.407 e. The van der Waals surface area contributed by atoms with Crippen LogP contribution >= 0.6 is 0 Å². The van der Waals surface area contributed by atoms with Crippen molar-refractivity contribution >= 4 is 63.8 Å². The van der Waals surface area contributed by atoms with Crippen molar-refractivity contribution in [2.75, 3.05) is 39.4 Å². The molecule has 0 spiro atoms. The molecule has 5 aliphatic rings. The molecule has 65 heavy (non-hydrogen) atoms. The number of methoxy groups -OCH3 is 2. The van der Waals surface area contributed by atoms with Crippen LogP contribution in [0.2, 0.25) is 0 Å². The van der Waals surface area contributed by atoms with Gasteiger partial charge in [-0.15, -0.1) is 0 Å². The van der Waals surface area contributed by atoms with Gasteiger partial charge in [0.15, 0.2) is 24.1 Å². The van der Waals surface area contributed by atoms with Gasteiger partial charge in [0.05, 0.1) is 55.8 Å². The number of carbonyl (C=O) groups excluding carboxylic acids is 3. The van der Waals surface area contributed by atoms with Crippen molar-refractivity contribution in [3.63, 3.8) is 0 Å². The van der Waals surface area contributed by atoms with Crippen LogP contribution in [0.25, 0.3) is 10.9 Å². The van der Waals surface area contributed by atoms with Gasteiger partial charge in [-0.05, 0) is 83.5 Å². The summed E-state index contributed by atoms with van der Waals surface area (Å²) in [6.45, 7) is 6.15. The summed E-state index contributed by atoms with van der Waals surface area (Å²) in [5.74, 6) is 9.79. The van der Waals surface area contributed by atoms with E-state index in [1.54, 1.807) is 44.6 Å². The van der Waals surface area contributed by atoms with Crippen LogP contribution in [0.4, 0.5) is 4.79 Å². The Balaban J connectivity index is 1.31. The molecule has 2 fully saturated rings. The number of amides is 1. The number of ketones is 2. The quantitative estimate of drug-likeness (QED) is 0.168. The number of benzene rings is 1. The van der Waals surface area contributed by atoms with Crippen LogP contribution in [-0.4, -0.2) is 150 Å².